The highest BCUT2D eigenvalue weighted by Gasteiger charge is 2.11. The van der Waals surface area contributed by atoms with Crippen LogP contribution in [0.15, 0.2) is 36.4 Å². The maximum atomic E-state index is 12.3. The van der Waals surface area contributed by atoms with Crippen molar-refractivity contribution in [3.63, 3.8) is 0 Å². The fourth-order valence-electron chi connectivity index (χ4n) is 2.80. The molecule has 0 saturated carbocycles. The number of ether oxygens (including phenoxy) is 1. The number of nitrogens with one attached hydrogen (secondary N) is 1. The van der Waals surface area contributed by atoms with Crippen LogP contribution in [-0.2, 0) is 4.74 Å². The van der Waals surface area contributed by atoms with Crippen LogP contribution in [0, 0.1) is 13.8 Å². The number of rotatable bonds is 7. The smallest absolute Gasteiger partial charge is 0.251 e. The Morgan fingerprint density at radius 2 is 1.68 bits per heavy atom. The van der Waals surface area contributed by atoms with E-state index in [0.29, 0.717) is 24.5 Å². The van der Waals surface area contributed by atoms with Crippen molar-refractivity contribution in [1.29, 1.82) is 0 Å². The van der Waals surface area contributed by atoms with Gasteiger partial charge in [0.2, 0.25) is 0 Å². The minimum Gasteiger partial charge on any atom is -0.507 e. The number of carbonyl (C=O) groups excluding carboxylic acids is 1. The third-order valence-electron chi connectivity index (χ3n) is 4.32. The van der Waals surface area contributed by atoms with Gasteiger partial charge in [-0.3, -0.25) is 4.79 Å². The van der Waals surface area contributed by atoms with Gasteiger partial charge in [-0.15, -0.1) is 0 Å². The Morgan fingerprint density at radius 3 is 2.20 bits per heavy atom. The fourth-order valence-corrected chi connectivity index (χ4v) is 2.80. The van der Waals surface area contributed by atoms with E-state index in [4.69, 9.17) is 4.74 Å². The zero-order valence-electron chi connectivity index (χ0n) is 15.4. The first-order valence-electron chi connectivity index (χ1n) is 8.76. The number of hydrogen-bond acceptors (Lipinski definition) is 3. The lowest BCUT2D eigenvalue weighted by Crippen LogP contribution is -2.33. The number of phenols is 1. The van der Waals surface area contributed by atoms with E-state index in [0.717, 1.165) is 28.7 Å². The molecule has 1 atom stereocenters. The molecule has 0 heterocycles. The first kappa shape index (κ1) is 19.0. The summed E-state index contributed by atoms with van der Waals surface area (Å²) >= 11 is 0. The predicted octanol–water partition coefficient (Wildman–Crippen LogP) is 4.22. The summed E-state index contributed by atoms with van der Waals surface area (Å²) in [6.07, 6.45) is 0.920. The monoisotopic (exact) mass is 341 g/mol. The summed E-state index contributed by atoms with van der Waals surface area (Å²) in [6.45, 7) is 8.93. The highest BCUT2D eigenvalue weighted by Crippen LogP contribution is 2.29. The summed E-state index contributed by atoms with van der Waals surface area (Å²) in [6, 6.07) is 11.4. The molecule has 2 N–H and O–H groups in total. The van der Waals surface area contributed by atoms with E-state index < -0.39 is 0 Å². The molecule has 1 unspecified atom stereocenters. The molecule has 0 fully saturated rings. The van der Waals surface area contributed by atoms with Gasteiger partial charge in [0.1, 0.15) is 5.75 Å². The first-order chi connectivity index (χ1) is 12.0. The summed E-state index contributed by atoms with van der Waals surface area (Å²) in [5.41, 5.74) is 4.37. The number of aryl methyl sites for hydroxylation is 2. The lowest BCUT2D eigenvalue weighted by atomic mass is 9.99. The second-order valence-corrected chi connectivity index (χ2v) is 6.23. The highest BCUT2D eigenvalue weighted by atomic mass is 16.5. The minimum absolute atomic E-state index is 0.0520. The Bertz CT molecular complexity index is 699. The van der Waals surface area contributed by atoms with Gasteiger partial charge in [0.05, 0.1) is 6.10 Å². The summed E-state index contributed by atoms with van der Waals surface area (Å²) in [5, 5.41) is 12.8. The fraction of sp³-hybridized carbons (Fsp3) is 0.381. The van der Waals surface area contributed by atoms with Crippen LogP contribution in [0.2, 0.25) is 0 Å². The largest absolute Gasteiger partial charge is 0.507 e. The van der Waals surface area contributed by atoms with Crippen LogP contribution in [0.5, 0.6) is 5.75 Å². The van der Waals surface area contributed by atoms with Gasteiger partial charge >= 0.3 is 0 Å². The second-order valence-electron chi connectivity index (χ2n) is 6.23. The van der Waals surface area contributed by atoms with Gasteiger partial charge in [-0.1, -0.05) is 19.1 Å². The summed E-state index contributed by atoms with van der Waals surface area (Å²) in [4.78, 5) is 12.3. The van der Waals surface area contributed by atoms with Gasteiger partial charge in [-0.25, -0.2) is 0 Å². The molecule has 0 aliphatic carbocycles. The van der Waals surface area contributed by atoms with Crippen molar-refractivity contribution in [1.82, 2.24) is 5.32 Å². The maximum Gasteiger partial charge on any atom is 0.251 e. The Labute approximate surface area is 149 Å². The van der Waals surface area contributed by atoms with Crippen LogP contribution in [0.3, 0.4) is 0 Å². The highest BCUT2D eigenvalue weighted by molar-refractivity contribution is 5.94. The molecule has 0 bridgehead atoms. The molecule has 0 aliphatic heterocycles. The van der Waals surface area contributed by atoms with E-state index in [2.05, 4.69) is 5.32 Å². The molecule has 1 amide bonds. The average molecular weight is 341 g/mol. The summed E-state index contributed by atoms with van der Waals surface area (Å²) < 4.78 is 5.55. The maximum absolute atomic E-state index is 12.3. The number of hydrogen-bond donors (Lipinski definition) is 2. The molecule has 2 aromatic rings. The average Bonchev–Trinajstić information content (AvgIpc) is 2.62. The lowest BCUT2D eigenvalue weighted by molar-refractivity contribution is 0.0569. The van der Waals surface area contributed by atoms with E-state index >= 15 is 0 Å². The Balaban J connectivity index is 2.08. The third kappa shape index (κ3) is 4.83. The predicted molar refractivity (Wildman–Crippen MR) is 101 cm³/mol. The van der Waals surface area contributed by atoms with E-state index in [-0.39, 0.29) is 12.0 Å². The second kappa shape index (κ2) is 8.67. The quantitative estimate of drug-likeness (QED) is 0.793. The van der Waals surface area contributed by atoms with Crippen LogP contribution < -0.4 is 5.32 Å². The van der Waals surface area contributed by atoms with Crippen molar-refractivity contribution in [3.05, 3.63) is 53.1 Å². The number of amides is 1. The van der Waals surface area contributed by atoms with Crippen molar-refractivity contribution in [2.24, 2.45) is 0 Å². The molecule has 4 heteroatoms. The van der Waals surface area contributed by atoms with Crippen LogP contribution in [0.1, 0.15) is 41.8 Å². The third-order valence-corrected chi connectivity index (χ3v) is 4.32. The summed E-state index contributed by atoms with van der Waals surface area (Å²) in [7, 11) is 0. The molecular formula is C21H27NO3. The molecule has 4 nitrogen and oxygen atoms in total. The molecule has 0 aliphatic rings. The lowest BCUT2D eigenvalue weighted by Gasteiger charge is -2.15. The van der Waals surface area contributed by atoms with E-state index in [9.17, 15) is 9.90 Å². The van der Waals surface area contributed by atoms with Crippen LogP contribution in [0.4, 0.5) is 0 Å². The van der Waals surface area contributed by atoms with Crippen LogP contribution >= 0.6 is 0 Å². The van der Waals surface area contributed by atoms with Gasteiger partial charge < -0.3 is 15.2 Å². The molecule has 2 aromatic carbocycles. The van der Waals surface area contributed by atoms with E-state index in [1.54, 1.807) is 0 Å². The molecule has 134 valence electrons. The molecule has 0 radical (unpaired) electrons. The van der Waals surface area contributed by atoms with Crippen molar-refractivity contribution < 1.29 is 14.6 Å². The van der Waals surface area contributed by atoms with Crippen LogP contribution in [0.25, 0.3) is 11.1 Å². The van der Waals surface area contributed by atoms with Gasteiger partial charge in [0.15, 0.2) is 0 Å². The van der Waals surface area contributed by atoms with Crippen molar-refractivity contribution in [2.45, 2.75) is 40.2 Å². The zero-order chi connectivity index (χ0) is 18.4. The normalized spacial score (nSPS) is 12.0. The Kier molecular flexibility index (Phi) is 6.59. The number of benzene rings is 2. The number of aromatic hydroxyl groups is 1. The Morgan fingerprint density at radius 1 is 1.08 bits per heavy atom. The molecule has 0 saturated heterocycles. The van der Waals surface area contributed by atoms with E-state index in [1.165, 1.54) is 0 Å². The van der Waals surface area contributed by atoms with Gasteiger partial charge in [-0.2, -0.15) is 0 Å². The summed E-state index contributed by atoms with van der Waals surface area (Å²) in [5.74, 6) is 0.238. The van der Waals surface area contributed by atoms with Crippen molar-refractivity contribution in [3.8, 4) is 16.9 Å². The molecule has 2 rings (SSSR count). The first-order valence-corrected chi connectivity index (χ1v) is 8.76. The van der Waals surface area contributed by atoms with E-state index in [1.807, 2.05) is 64.1 Å². The number of phenolic OH excluding ortho intramolecular Hbond substituents is 1. The van der Waals surface area contributed by atoms with Gasteiger partial charge in [0.25, 0.3) is 5.91 Å². The molecule has 0 aromatic heterocycles. The van der Waals surface area contributed by atoms with Crippen molar-refractivity contribution in [2.75, 3.05) is 13.2 Å². The standard InChI is InChI=1S/C21H27NO3/c1-5-19(25-6-2)13-22-21(24)17-9-7-16(8-10-17)18-11-14(3)20(23)15(4)12-18/h7-12,19,23H,5-6,13H2,1-4H3,(H,22,24). The van der Waals surface area contributed by atoms with Gasteiger partial charge in [0, 0.05) is 18.7 Å². The SMILES string of the molecule is CCOC(CC)CNC(=O)c1ccc(-c2cc(C)c(O)c(C)c2)cc1. The number of carbonyl (C=O) groups is 1. The zero-order valence-corrected chi connectivity index (χ0v) is 15.4. The minimum atomic E-state index is -0.0947. The molecular weight excluding hydrogens is 314 g/mol. The topological polar surface area (TPSA) is 58.6 Å². The van der Waals surface area contributed by atoms with Crippen LogP contribution in [-0.4, -0.2) is 30.3 Å². The molecule has 25 heavy (non-hydrogen) atoms. The van der Waals surface area contributed by atoms with Gasteiger partial charge in [-0.05, 0) is 73.7 Å². The molecule has 0 spiro atoms. The Hall–Kier alpha value is -2.33. The van der Waals surface area contributed by atoms with Crippen molar-refractivity contribution >= 4 is 5.91 Å².